The minimum Gasteiger partial charge on any atom is -0.497 e. The molecule has 0 bridgehead atoms. The Hall–Kier alpha value is -3.57. The first kappa shape index (κ1) is 26.0. The average Bonchev–Trinajstić information content (AvgIpc) is 2.88. The highest BCUT2D eigenvalue weighted by Gasteiger charge is 2.05. The third kappa shape index (κ3) is 8.95. The van der Waals surface area contributed by atoms with Crippen molar-refractivity contribution >= 4 is 29.4 Å². The zero-order chi connectivity index (χ0) is 24.9. The number of hydrogen-bond donors (Lipinski definition) is 2. The van der Waals surface area contributed by atoms with Gasteiger partial charge in [-0.25, -0.2) is 0 Å². The predicted molar refractivity (Wildman–Crippen MR) is 147 cm³/mol. The molecular formula is C30H37N3O2. The number of anilines is 2. The van der Waals surface area contributed by atoms with Gasteiger partial charge in [0, 0.05) is 17.9 Å². The van der Waals surface area contributed by atoms with Gasteiger partial charge in [-0.05, 0) is 79.1 Å². The lowest BCUT2D eigenvalue weighted by molar-refractivity contribution is -0.120. The van der Waals surface area contributed by atoms with Gasteiger partial charge in [0.25, 0.3) is 0 Å². The smallest absolute Gasteiger partial charge is 0.224 e. The van der Waals surface area contributed by atoms with Crippen LogP contribution in [0.25, 0.3) is 12.2 Å². The predicted octanol–water partition coefficient (Wildman–Crippen LogP) is 6.00. The molecule has 0 unspecified atom stereocenters. The molecule has 0 aliphatic heterocycles. The lowest BCUT2D eigenvalue weighted by Gasteiger charge is -2.17. The molecule has 0 spiro atoms. The summed E-state index contributed by atoms with van der Waals surface area (Å²) in [6, 6.07) is 24.3. The van der Waals surface area contributed by atoms with Crippen LogP contribution in [0.1, 0.15) is 37.0 Å². The van der Waals surface area contributed by atoms with Gasteiger partial charge in [-0.15, -0.1) is 0 Å². The maximum absolute atomic E-state index is 12.4. The van der Waals surface area contributed by atoms with Crippen LogP contribution in [-0.2, 0) is 11.2 Å². The molecular weight excluding hydrogens is 434 g/mol. The van der Waals surface area contributed by atoms with E-state index in [4.69, 9.17) is 4.74 Å². The van der Waals surface area contributed by atoms with Crippen molar-refractivity contribution < 1.29 is 9.53 Å². The monoisotopic (exact) mass is 471 g/mol. The quantitative estimate of drug-likeness (QED) is 0.237. The number of rotatable bonds is 13. The van der Waals surface area contributed by atoms with Gasteiger partial charge in [-0.2, -0.15) is 0 Å². The minimum absolute atomic E-state index is 0.0624. The van der Waals surface area contributed by atoms with Gasteiger partial charge in [0.1, 0.15) is 5.75 Å². The van der Waals surface area contributed by atoms with E-state index in [1.165, 1.54) is 0 Å². The van der Waals surface area contributed by atoms with Crippen molar-refractivity contribution in [3.63, 3.8) is 0 Å². The summed E-state index contributed by atoms with van der Waals surface area (Å²) in [5.74, 6) is 0.913. The molecule has 0 aromatic heterocycles. The molecule has 0 aliphatic rings. The fraction of sp³-hybridized carbons (Fsp3) is 0.300. The summed E-state index contributed by atoms with van der Waals surface area (Å²) in [6.45, 7) is 8.15. The Morgan fingerprint density at radius 1 is 0.886 bits per heavy atom. The molecule has 0 saturated heterocycles. The minimum atomic E-state index is 0.0624. The van der Waals surface area contributed by atoms with Crippen LogP contribution in [0, 0.1) is 0 Å². The molecule has 3 aromatic rings. The number of amides is 1. The molecule has 2 N–H and O–H groups in total. The molecule has 5 heteroatoms. The van der Waals surface area contributed by atoms with E-state index in [2.05, 4.69) is 53.7 Å². The number of ether oxygens (including phenoxy) is 1. The molecule has 0 radical (unpaired) electrons. The summed E-state index contributed by atoms with van der Waals surface area (Å²) in [5, 5.41) is 6.51. The van der Waals surface area contributed by atoms with Gasteiger partial charge >= 0.3 is 0 Å². The van der Waals surface area contributed by atoms with Crippen LogP contribution >= 0.6 is 0 Å². The van der Waals surface area contributed by atoms with Crippen LogP contribution < -0.4 is 15.4 Å². The highest BCUT2D eigenvalue weighted by Crippen LogP contribution is 2.21. The topological polar surface area (TPSA) is 53.6 Å². The lowest BCUT2D eigenvalue weighted by Crippen LogP contribution is -2.30. The Balaban J connectivity index is 1.53. The van der Waals surface area contributed by atoms with Crippen molar-refractivity contribution in [3.05, 3.63) is 89.5 Å². The zero-order valence-corrected chi connectivity index (χ0v) is 21.1. The molecule has 0 fully saturated rings. The molecule has 0 atom stereocenters. The number of methoxy groups -OCH3 is 1. The molecule has 184 valence electrons. The van der Waals surface area contributed by atoms with E-state index in [-0.39, 0.29) is 5.91 Å². The number of nitrogens with zero attached hydrogens (tertiary/aromatic N) is 1. The number of nitrogens with one attached hydrogen (secondary N) is 2. The Kier molecular flexibility index (Phi) is 10.4. The fourth-order valence-corrected chi connectivity index (χ4v) is 3.87. The van der Waals surface area contributed by atoms with E-state index in [1.54, 1.807) is 7.11 Å². The number of benzene rings is 3. The molecule has 0 heterocycles. The van der Waals surface area contributed by atoms with Gasteiger partial charge < -0.3 is 20.3 Å². The van der Waals surface area contributed by atoms with E-state index in [0.717, 1.165) is 59.9 Å². The summed E-state index contributed by atoms with van der Waals surface area (Å²) < 4.78 is 5.22. The van der Waals surface area contributed by atoms with Gasteiger partial charge in [0.15, 0.2) is 0 Å². The summed E-state index contributed by atoms with van der Waals surface area (Å²) in [4.78, 5) is 14.7. The Morgan fingerprint density at radius 3 is 2.29 bits per heavy atom. The highest BCUT2D eigenvalue weighted by atomic mass is 16.5. The van der Waals surface area contributed by atoms with Gasteiger partial charge in [0.05, 0.1) is 13.5 Å². The van der Waals surface area contributed by atoms with E-state index in [9.17, 15) is 4.79 Å². The molecule has 1 amide bonds. The van der Waals surface area contributed by atoms with Crippen LogP contribution in [0.5, 0.6) is 5.75 Å². The van der Waals surface area contributed by atoms with Crippen molar-refractivity contribution in [3.8, 4) is 5.75 Å². The highest BCUT2D eigenvalue weighted by molar-refractivity contribution is 5.79. The van der Waals surface area contributed by atoms with Gasteiger partial charge in [-0.3, -0.25) is 4.79 Å². The van der Waals surface area contributed by atoms with Crippen LogP contribution in [0.3, 0.4) is 0 Å². The Bertz CT molecular complexity index is 1090. The molecule has 0 saturated carbocycles. The number of carbonyl (C=O) groups excluding carboxylic acids is 1. The number of hydrogen-bond acceptors (Lipinski definition) is 4. The third-order valence-corrected chi connectivity index (χ3v) is 5.92. The van der Waals surface area contributed by atoms with Crippen LogP contribution in [-0.4, -0.2) is 44.1 Å². The summed E-state index contributed by atoms with van der Waals surface area (Å²) in [6.07, 6.45) is 5.53. The van der Waals surface area contributed by atoms with Crippen molar-refractivity contribution in [2.24, 2.45) is 0 Å². The van der Waals surface area contributed by atoms with Crippen LogP contribution in [0.4, 0.5) is 11.4 Å². The zero-order valence-electron chi connectivity index (χ0n) is 21.1. The van der Waals surface area contributed by atoms with E-state index in [0.29, 0.717) is 13.0 Å². The van der Waals surface area contributed by atoms with E-state index >= 15 is 0 Å². The second-order valence-corrected chi connectivity index (χ2v) is 8.46. The van der Waals surface area contributed by atoms with Crippen molar-refractivity contribution in [2.45, 2.75) is 26.7 Å². The van der Waals surface area contributed by atoms with Crippen molar-refractivity contribution in [1.82, 2.24) is 10.2 Å². The van der Waals surface area contributed by atoms with Crippen molar-refractivity contribution in [1.29, 1.82) is 0 Å². The molecule has 5 nitrogen and oxygen atoms in total. The standard InChI is InChI=1S/C30H37N3O2/c1-4-33(5-2)20-8-19-31-30(34)23-26-10-7-12-28(22-26)32-27-11-6-9-25(21-27)14-13-24-15-17-29(35-3)18-16-24/h6-7,9-18,21-22,32H,4-5,8,19-20,23H2,1-3H3,(H,31,34)/b14-13+. The molecule has 0 aliphatic carbocycles. The first-order valence-corrected chi connectivity index (χ1v) is 12.4. The largest absolute Gasteiger partial charge is 0.497 e. The van der Waals surface area contributed by atoms with Gasteiger partial charge in [0.2, 0.25) is 5.91 Å². The average molecular weight is 472 g/mol. The first-order chi connectivity index (χ1) is 17.1. The Morgan fingerprint density at radius 2 is 1.57 bits per heavy atom. The van der Waals surface area contributed by atoms with E-state index < -0.39 is 0 Å². The summed E-state index contributed by atoms with van der Waals surface area (Å²) in [7, 11) is 1.67. The summed E-state index contributed by atoms with van der Waals surface area (Å²) >= 11 is 0. The maximum atomic E-state index is 12.4. The molecule has 3 rings (SSSR count). The van der Waals surface area contributed by atoms with E-state index in [1.807, 2.05) is 60.7 Å². The second kappa shape index (κ2) is 14.0. The van der Waals surface area contributed by atoms with Crippen LogP contribution in [0.2, 0.25) is 0 Å². The normalized spacial score (nSPS) is 11.1. The summed E-state index contributed by atoms with van der Waals surface area (Å²) in [5.41, 5.74) is 5.18. The van der Waals surface area contributed by atoms with Gasteiger partial charge in [-0.1, -0.05) is 62.4 Å². The second-order valence-electron chi connectivity index (χ2n) is 8.46. The first-order valence-electron chi connectivity index (χ1n) is 12.4. The molecule has 35 heavy (non-hydrogen) atoms. The Labute approximate surface area is 209 Å². The number of carbonyl (C=O) groups is 1. The SMILES string of the molecule is CCN(CC)CCCNC(=O)Cc1cccc(Nc2cccc(/C=C/c3ccc(OC)cc3)c2)c1. The van der Waals surface area contributed by atoms with Crippen molar-refractivity contribution in [2.75, 3.05) is 38.6 Å². The maximum Gasteiger partial charge on any atom is 0.224 e. The fourth-order valence-electron chi connectivity index (χ4n) is 3.87. The molecule has 3 aromatic carbocycles. The lowest BCUT2D eigenvalue weighted by atomic mass is 10.1. The third-order valence-electron chi connectivity index (χ3n) is 5.92. The van der Waals surface area contributed by atoms with Crippen LogP contribution in [0.15, 0.2) is 72.8 Å².